The fraction of sp³-hybridized carbons (Fsp3) is 0.600. The Morgan fingerprint density at radius 2 is 2.04 bits per heavy atom. The van der Waals surface area contributed by atoms with Gasteiger partial charge >= 0.3 is 0 Å². The SMILES string of the molecule is CCCc1cc(N2CCN(C(=O)C3CCNCC3)CC2)nc2scc(N)c12. The molecule has 0 saturated carbocycles. The van der Waals surface area contributed by atoms with Crippen LogP contribution in [0.3, 0.4) is 0 Å². The number of rotatable bonds is 4. The first-order valence-corrected chi connectivity index (χ1v) is 11.0. The molecular formula is C20H29N5OS. The summed E-state index contributed by atoms with van der Waals surface area (Å²) in [4.78, 5) is 23.0. The maximum Gasteiger partial charge on any atom is 0.225 e. The molecule has 2 aromatic rings. The Bertz CT molecular complexity index is 806. The van der Waals surface area contributed by atoms with E-state index in [0.717, 1.165) is 86.7 Å². The number of hydrogen-bond donors (Lipinski definition) is 2. The smallest absolute Gasteiger partial charge is 0.225 e. The van der Waals surface area contributed by atoms with Crippen LogP contribution in [-0.2, 0) is 11.2 Å². The van der Waals surface area contributed by atoms with E-state index in [-0.39, 0.29) is 5.92 Å². The molecule has 2 aromatic heterocycles. The van der Waals surface area contributed by atoms with Gasteiger partial charge in [0.15, 0.2) is 0 Å². The topological polar surface area (TPSA) is 74.5 Å². The van der Waals surface area contributed by atoms with Crippen molar-refractivity contribution in [2.75, 3.05) is 49.9 Å². The normalized spacial score (nSPS) is 19.0. The number of nitrogens with one attached hydrogen (secondary N) is 1. The number of piperazine rings is 1. The van der Waals surface area contributed by atoms with Gasteiger partial charge in [-0.2, -0.15) is 0 Å². The Morgan fingerprint density at radius 3 is 2.74 bits per heavy atom. The quantitative estimate of drug-likeness (QED) is 0.843. The number of aryl methyl sites for hydroxylation is 1. The van der Waals surface area contributed by atoms with Crippen LogP contribution in [0.25, 0.3) is 10.2 Å². The first-order valence-electron chi connectivity index (χ1n) is 10.1. The van der Waals surface area contributed by atoms with Crippen LogP contribution in [0.5, 0.6) is 0 Å². The van der Waals surface area contributed by atoms with Crippen LogP contribution >= 0.6 is 11.3 Å². The molecule has 6 nitrogen and oxygen atoms in total. The second-order valence-electron chi connectivity index (χ2n) is 7.60. The van der Waals surface area contributed by atoms with Gasteiger partial charge in [0.05, 0.1) is 5.69 Å². The summed E-state index contributed by atoms with van der Waals surface area (Å²) in [5.41, 5.74) is 8.30. The maximum atomic E-state index is 12.8. The van der Waals surface area contributed by atoms with Gasteiger partial charge in [0.25, 0.3) is 0 Å². The third kappa shape index (κ3) is 3.75. The van der Waals surface area contributed by atoms with Gasteiger partial charge in [-0.3, -0.25) is 4.79 Å². The van der Waals surface area contributed by atoms with Crippen molar-refractivity contribution < 1.29 is 4.79 Å². The monoisotopic (exact) mass is 387 g/mol. The second kappa shape index (κ2) is 8.02. The number of nitrogen functional groups attached to an aromatic ring is 1. The van der Waals surface area contributed by atoms with Crippen molar-refractivity contribution in [3.05, 3.63) is 17.0 Å². The zero-order valence-corrected chi connectivity index (χ0v) is 16.9. The van der Waals surface area contributed by atoms with E-state index in [2.05, 4.69) is 28.1 Å². The Labute approximate surface area is 164 Å². The van der Waals surface area contributed by atoms with Crippen LogP contribution < -0.4 is 16.0 Å². The number of amides is 1. The minimum atomic E-state index is 0.206. The highest BCUT2D eigenvalue weighted by Crippen LogP contribution is 2.33. The molecule has 0 aromatic carbocycles. The first-order chi connectivity index (χ1) is 13.2. The molecule has 146 valence electrons. The van der Waals surface area contributed by atoms with Gasteiger partial charge in [0.1, 0.15) is 10.6 Å². The molecule has 0 atom stereocenters. The van der Waals surface area contributed by atoms with Gasteiger partial charge in [0, 0.05) is 42.9 Å². The Kier molecular flexibility index (Phi) is 5.50. The first kappa shape index (κ1) is 18.5. The molecule has 0 aliphatic carbocycles. The minimum Gasteiger partial charge on any atom is -0.397 e. The van der Waals surface area contributed by atoms with Crippen molar-refractivity contribution in [2.45, 2.75) is 32.6 Å². The molecule has 2 aliphatic rings. The third-order valence-electron chi connectivity index (χ3n) is 5.76. The van der Waals surface area contributed by atoms with Crippen molar-refractivity contribution in [3.8, 4) is 0 Å². The van der Waals surface area contributed by atoms with Crippen LogP contribution in [0.4, 0.5) is 11.5 Å². The summed E-state index contributed by atoms with van der Waals surface area (Å²) in [6.45, 7) is 7.40. The predicted octanol–water partition coefficient (Wildman–Crippen LogP) is 2.48. The molecule has 0 spiro atoms. The molecule has 0 bridgehead atoms. The molecule has 2 aliphatic heterocycles. The Balaban J connectivity index is 1.47. The third-order valence-corrected chi connectivity index (χ3v) is 6.65. The molecule has 4 heterocycles. The summed E-state index contributed by atoms with van der Waals surface area (Å²) in [5.74, 6) is 1.58. The lowest BCUT2D eigenvalue weighted by molar-refractivity contribution is -0.136. The standard InChI is InChI=1S/C20H29N5OS/c1-2-3-15-12-17(23-19-18(15)16(21)13-27-19)24-8-10-25(11-9-24)20(26)14-4-6-22-7-5-14/h12-14,22H,2-11,21H2,1H3. The molecule has 27 heavy (non-hydrogen) atoms. The van der Waals surface area contributed by atoms with Gasteiger partial charge in [-0.25, -0.2) is 4.98 Å². The lowest BCUT2D eigenvalue weighted by Gasteiger charge is -2.37. The van der Waals surface area contributed by atoms with Crippen molar-refractivity contribution in [3.63, 3.8) is 0 Å². The van der Waals surface area contributed by atoms with Gasteiger partial charge < -0.3 is 20.9 Å². The van der Waals surface area contributed by atoms with Gasteiger partial charge in [-0.15, -0.1) is 11.3 Å². The number of anilines is 2. The van der Waals surface area contributed by atoms with E-state index in [9.17, 15) is 4.79 Å². The number of nitrogens with two attached hydrogens (primary N) is 1. The summed E-state index contributed by atoms with van der Waals surface area (Å²) in [6.07, 6.45) is 4.04. The average Bonchev–Trinajstić information content (AvgIpc) is 3.09. The molecule has 4 rings (SSSR count). The van der Waals surface area contributed by atoms with E-state index < -0.39 is 0 Å². The molecule has 0 unspecified atom stereocenters. The molecule has 2 saturated heterocycles. The van der Waals surface area contributed by atoms with E-state index in [0.29, 0.717) is 5.91 Å². The van der Waals surface area contributed by atoms with Gasteiger partial charge in [-0.1, -0.05) is 13.3 Å². The highest BCUT2D eigenvalue weighted by atomic mass is 32.1. The lowest BCUT2D eigenvalue weighted by atomic mass is 9.96. The fourth-order valence-corrected chi connectivity index (χ4v) is 5.11. The van der Waals surface area contributed by atoms with Crippen LogP contribution in [-0.4, -0.2) is 55.1 Å². The van der Waals surface area contributed by atoms with E-state index in [1.165, 1.54) is 5.56 Å². The molecule has 1 amide bonds. The van der Waals surface area contributed by atoms with Crippen LogP contribution in [0.15, 0.2) is 11.4 Å². The zero-order chi connectivity index (χ0) is 18.8. The highest BCUT2D eigenvalue weighted by Gasteiger charge is 2.29. The maximum absolute atomic E-state index is 12.8. The molecular weight excluding hydrogens is 358 g/mol. The molecule has 7 heteroatoms. The van der Waals surface area contributed by atoms with E-state index in [4.69, 9.17) is 10.7 Å². The Hall–Kier alpha value is -1.86. The van der Waals surface area contributed by atoms with Crippen molar-refractivity contribution >= 4 is 39.0 Å². The lowest BCUT2D eigenvalue weighted by Crippen LogP contribution is -2.51. The van der Waals surface area contributed by atoms with Crippen molar-refractivity contribution in [1.82, 2.24) is 15.2 Å². The van der Waals surface area contributed by atoms with Crippen LogP contribution in [0, 0.1) is 5.92 Å². The fourth-order valence-electron chi connectivity index (χ4n) is 4.24. The highest BCUT2D eigenvalue weighted by molar-refractivity contribution is 7.17. The van der Waals surface area contributed by atoms with E-state index in [1.807, 2.05) is 5.38 Å². The van der Waals surface area contributed by atoms with Crippen LogP contribution in [0.2, 0.25) is 0 Å². The second-order valence-corrected chi connectivity index (χ2v) is 8.46. The van der Waals surface area contributed by atoms with Crippen molar-refractivity contribution in [2.24, 2.45) is 5.92 Å². The summed E-state index contributed by atoms with van der Waals surface area (Å²) in [5, 5.41) is 6.46. The predicted molar refractivity (Wildman–Crippen MR) is 112 cm³/mol. The number of thiophene rings is 1. The number of nitrogens with zero attached hydrogens (tertiary/aromatic N) is 3. The number of pyridine rings is 1. The number of fused-ring (bicyclic) bond motifs is 1. The summed E-state index contributed by atoms with van der Waals surface area (Å²) < 4.78 is 0. The largest absolute Gasteiger partial charge is 0.397 e. The van der Waals surface area contributed by atoms with Crippen LogP contribution in [0.1, 0.15) is 31.7 Å². The molecule has 3 N–H and O–H groups in total. The van der Waals surface area contributed by atoms with E-state index >= 15 is 0 Å². The number of aromatic nitrogens is 1. The summed E-state index contributed by atoms with van der Waals surface area (Å²) in [6, 6.07) is 2.21. The summed E-state index contributed by atoms with van der Waals surface area (Å²) in [7, 11) is 0. The average molecular weight is 388 g/mol. The van der Waals surface area contributed by atoms with Crippen molar-refractivity contribution in [1.29, 1.82) is 0 Å². The minimum absolute atomic E-state index is 0.206. The van der Waals surface area contributed by atoms with Gasteiger partial charge in [-0.05, 0) is 44.0 Å². The molecule has 0 radical (unpaired) electrons. The van der Waals surface area contributed by atoms with Gasteiger partial charge in [0.2, 0.25) is 5.91 Å². The van der Waals surface area contributed by atoms with E-state index in [1.54, 1.807) is 11.3 Å². The zero-order valence-electron chi connectivity index (χ0n) is 16.0. The summed E-state index contributed by atoms with van der Waals surface area (Å²) >= 11 is 1.62. The number of hydrogen-bond acceptors (Lipinski definition) is 6. The molecule has 2 fully saturated rings. The number of piperidine rings is 1. The number of carbonyl (C=O) groups excluding carboxylic acids is 1. The number of carbonyl (C=O) groups is 1. The Morgan fingerprint density at radius 1 is 1.30 bits per heavy atom.